The number of hydrogen-bond donors (Lipinski definition) is 0. The van der Waals surface area contributed by atoms with E-state index in [2.05, 4.69) is 138 Å². The van der Waals surface area contributed by atoms with E-state index in [4.69, 9.17) is 9.97 Å². The molecule has 1 aliphatic carbocycles. The molecule has 9 aromatic rings. The number of benzene rings is 6. The number of thiophene rings is 1. The molecule has 0 saturated heterocycles. The van der Waals surface area contributed by atoms with E-state index in [1.165, 1.54) is 58.4 Å². The van der Waals surface area contributed by atoms with Crippen LogP contribution in [0, 0.1) is 0 Å². The van der Waals surface area contributed by atoms with Crippen LogP contribution in [0.4, 0.5) is 0 Å². The van der Waals surface area contributed by atoms with Gasteiger partial charge in [0.2, 0.25) is 5.95 Å². The number of para-hydroxylation sites is 2. The molecule has 3 heterocycles. The lowest BCUT2D eigenvalue weighted by Crippen LogP contribution is -2.11. The van der Waals surface area contributed by atoms with E-state index in [1.807, 2.05) is 11.3 Å². The van der Waals surface area contributed by atoms with Gasteiger partial charge in [0.05, 0.1) is 26.9 Å². The van der Waals surface area contributed by atoms with Crippen LogP contribution in [0.15, 0.2) is 127 Å². The second kappa shape index (κ2) is 9.09. The van der Waals surface area contributed by atoms with E-state index < -0.39 is 0 Å². The molecule has 44 heavy (non-hydrogen) atoms. The van der Waals surface area contributed by atoms with Crippen molar-refractivity contribution in [1.29, 1.82) is 0 Å². The molecular weight excluding hydrogens is 555 g/mol. The zero-order valence-corrected chi connectivity index (χ0v) is 24.6. The Morgan fingerprint density at radius 3 is 2.18 bits per heavy atom. The van der Waals surface area contributed by atoms with Crippen molar-refractivity contribution < 1.29 is 0 Å². The van der Waals surface area contributed by atoms with Gasteiger partial charge < -0.3 is 0 Å². The fraction of sp³-hybridized carbons (Fsp3) is 0.0500. The summed E-state index contributed by atoms with van der Waals surface area (Å²) in [5, 5.41) is 8.77. The summed E-state index contributed by atoms with van der Waals surface area (Å²) < 4.78 is 4.91. The quantitative estimate of drug-likeness (QED) is 0.204. The highest BCUT2D eigenvalue weighted by Crippen LogP contribution is 2.47. The standard InChI is InChI=1S/C40H25N3S/c1-2-12-25-23-26(22-21-24(25)11-1)37-29-15-5-8-18-32(29)41-40(42-37)43-33-19-9-6-16-30(33)35-27-13-3-4-14-28(27)36-31-17-7-10-20-34(31)44-39(36)38(35)43/h1-22,26H,23H2. The second-order valence-corrected chi connectivity index (χ2v) is 12.8. The molecule has 3 nitrogen and oxygen atoms in total. The Morgan fingerprint density at radius 2 is 1.30 bits per heavy atom. The first-order valence-electron chi connectivity index (χ1n) is 15.1. The zero-order valence-electron chi connectivity index (χ0n) is 23.7. The number of hydrogen-bond acceptors (Lipinski definition) is 3. The van der Waals surface area contributed by atoms with Gasteiger partial charge in [-0.15, -0.1) is 11.3 Å². The molecule has 1 atom stereocenters. The van der Waals surface area contributed by atoms with Gasteiger partial charge in [-0.05, 0) is 46.5 Å². The Hall–Kier alpha value is -5.32. The van der Waals surface area contributed by atoms with Crippen molar-refractivity contribution in [1.82, 2.24) is 14.5 Å². The van der Waals surface area contributed by atoms with Crippen LogP contribution < -0.4 is 0 Å². The molecule has 0 amide bonds. The molecule has 1 aliphatic rings. The highest BCUT2D eigenvalue weighted by atomic mass is 32.1. The maximum Gasteiger partial charge on any atom is 0.235 e. The third kappa shape index (κ3) is 3.32. The van der Waals surface area contributed by atoms with E-state index in [9.17, 15) is 0 Å². The molecule has 4 heteroatoms. The van der Waals surface area contributed by atoms with Crippen molar-refractivity contribution in [3.05, 3.63) is 144 Å². The van der Waals surface area contributed by atoms with Crippen LogP contribution in [0.2, 0.25) is 0 Å². The average molecular weight is 580 g/mol. The second-order valence-electron chi connectivity index (χ2n) is 11.7. The summed E-state index contributed by atoms with van der Waals surface area (Å²) in [6.07, 6.45) is 5.50. The number of aromatic nitrogens is 3. The molecular formula is C40H25N3S. The third-order valence-corrected chi connectivity index (χ3v) is 10.5. The SMILES string of the molecule is C1=CC(c2nc(-n3c4ccccc4c4c5ccccc5c5c6ccccc6sc5c43)nc3ccccc23)Cc2ccccc21. The molecule has 0 aliphatic heterocycles. The Bertz CT molecular complexity index is 2660. The first-order valence-corrected chi connectivity index (χ1v) is 15.9. The Kier molecular flexibility index (Phi) is 4.99. The third-order valence-electron chi connectivity index (χ3n) is 9.33. The van der Waals surface area contributed by atoms with Crippen molar-refractivity contribution in [3.63, 3.8) is 0 Å². The minimum Gasteiger partial charge on any atom is -0.276 e. The van der Waals surface area contributed by atoms with E-state index >= 15 is 0 Å². The zero-order chi connectivity index (χ0) is 28.8. The first-order chi connectivity index (χ1) is 21.8. The summed E-state index contributed by atoms with van der Waals surface area (Å²) in [6, 6.07) is 43.6. The number of nitrogens with zero attached hydrogens (tertiary/aromatic N) is 3. The summed E-state index contributed by atoms with van der Waals surface area (Å²) in [6.45, 7) is 0. The van der Waals surface area contributed by atoms with Gasteiger partial charge in [0.1, 0.15) is 0 Å². The molecule has 0 radical (unpaired) electrons. The van der Waals surface area contributed by atoms with Crippen LogP contribution in [0.3, 0.4) is 0 Å². The lowest BCUT2D eigenvalue weighted by atomic mass is 9.86. The molecule has 0 bridgehead atoms. The minimum atomic E-state index is 0.162. The van der Waals surface area contributed by atoms with Gasteiger partial charge in [-0.1, -0.05) is 115 Å². The summed E-state index contributed by atoms with van der Waals surface area (Å²) >= 11 is 1.87. The molecule has 0 N–H and O–H groups in total. The summed E-state index contributed by atoms with van der Waals surface area (Å²) in [7, 11) is 0. The van der Waals surface area contributed by atoms with Crippen molar-refractivity contribution in [2.45, 2.75) is 12.3 Å². The van der Waals surface area contributed by atoms with Crippen molar-refractivity contribution in [2.24, 2.45) is 0 Å². The highest BCUT2D eigenvalue weighted by Gasteiger charge is 2.25. The smallest absolute Gasteiger partial charge is 0.235 e. The highest BCUT2D eigenvalue weighted by molar-refractivity contribution is 7.27. The van der Waals surface area contributed by atoms with Crippen LogP contribution in [0.1, 0.15) is 22.7 Å². The molecule has 6 aromatic carbocycles. The fourth-order valence-electron chi connectivity index (χ4n) is 7.40. The van der Waals surface area contributed by atoms with E-state index in [0.717, 1.165) is 34.5 Å². The van der Waals surface area contributed by atoms with Crippen LogP contribution >= 0.6 is 11.3 Å². The largest absolute Gasteiger partial charge is 0.276 e. The van der Waals surface area contributed by atoms with Gasteiger partial charge in [0.25, 0.3) is 0 Å². The van der Waals surface area contributed by atoms with Crippen LogP contribution in [-0.4, -0.2) is 14.5 Å². The van der Waals surface area contributed by atoms with Crippen LogP contribution in [0.5, 0.6) is 0 Å². The summed E-state index contributed by atoms with van der Waals surface area (Å²) in [5.41, 5.74) is 7.02. The minimum absolute atomic E-state index is 0.162. The normalized spacial score (nSPS) is 14.9. The van der Waals surface area contributed by atoms with E-state index in [-0.39, 0.29) is 5.92 Å². The van der Waals surface area contributed by atoms with Gasteiger partial charge >= 0.3 is 0 Å². The number of rotatable bonds is 2. The average Bonchev–Trinajstić information content (AvgIpc) is 3.65. The maximum absolute atomic E-state index is 5.49. The molecule has 3 aromatic heterocycles. The van der Waals surface area contributed by atoms with Gasteiger partial charge in [0.15, 0.2) is 0 Å². The lowest BCUT2D eigenvalue weighted by Gasteiger charge is -2.21. The molecule has 10 rings (SSSR count). The predicted molar refractivity (Wildman–Crippen MR) is 186 cm³/mol. The Balaban J connectivity index is 1.36. The van der Waals surface area contributed by atoms with Crippen LogP contribution in [-0.2, 0) is 6.42 Å². The molecule has 0 spiro atoms. The fourth-order valence-corrected chi connectivity index (χ4v) is 8.66. The van der Waals surface area contributed by atoms with Crippen molar-refractivity contribution >= 4 is 81.1 Å². The van der Waals surface area contributed by atoms with Gasteiger partial charge in [0, 0.05) is 37.5 Å². The van der Waals surface area contributed by atoms with Gasteiger partial charge in [-0.3, -0.25) is 4.57 Å². The Labute approximate surface area is 257 Å². The molecule has 0 fully saturated rings. The van der Waals surface area contributed by atoms with Crippen molar-refractivity contribution in [3.8, 4) is 5.95 Å². The van der Waals surface area contributed by atoms with E-state index in [0.29, 0.717) is 0 Å². The number of fused-ring (bicyclic) bond motifs is 12. The predicted octanol–water partition coefficient (Wildman–Crippen LogP) is 10.6. The summed E-state index contributed by atoms with van der Waals surface area (Å²) in [4.78, 5) is 10.8. The topological polar surface area (TPSA) is 30.7 Å². The molecule has 1 unspecified atom stereocenters. The maximum atomic E-state index is 5.49. The van der Waals surface area contributed by atoms with Gasteiger partial charge in [-0.25, -0.2) is 9.97 Å². The first kappa shape index (κ1) is 24.2. The Morgan fingerprint density at radius 1 is 0.614 bits per heavy atom. The van der Waals surface area contributed by atoms with Crippen LogP contribution in [0.25, 0.3) is 75.7 Å². The molecule has 206 valence electrons. The lowest BCUT2D eigenvalue weighted by molar-refractivity contribution is 0.791. The molecule has 0 saturated carbocycles. The van der Waals surface area contributed by atoms with E-state index in [1.54, 1.807) is 0 Å². The monoisotopic (exact) mass is 579 g/mol. The number of allylic oxidation sites excluding steroid dienone is 1. The van der Waals surface area contributed by atoms with Crippen molar-refractivity contribution in [2.75, 3.05) is 0 Å². The summed E-state index contributed by atoms with van der Waals surface area (Å²) in [5.74, 6) is 0.890. The van der Waals surface area contributed by atoms with Gasteiger partial charge in [-0.2, -0.15) is 0 Å².